The van der Waals surface area contributed by atoms with Gasteiger partial charge in [0.2, 0.25) is 3.12 Å². The van der Waals surface area contributed by atoms with Gasteiger partial charge in [-0.1, -0.05) is 82.1 Å². The van der Waals surface area contributed by atoms with Crippen molar-refractivity contribution in [3.05, 3.63) is 41.4 Å². The summed E-state index contributed by atoms with van der Waals surface area (Å²) >= 11 is 26.6. The molecule has 1 heterocycles. The third kappa shape index (κ3) is 3.13. The number of thioether (sulfide) groups is 1. The lowest BCUT2D eigenvalue weighted by molar-refractivity contribution is 1.27. The van der Waals surface area contributed by atoms with E-state index in [0.717, 1.165) is 37.8 Å². The second-order valence-corrected chi connectivity index (χ2v) is 9.69. The Balaban J connectivity index is 2.01. The molecule has 0 aromatic heterocycles. The van der Waals surface area contributed by atoms with Gasteiger partial charge in [0.1, 0.15) is 0 Å². The van der Waals surface area contributed by atoms with Crippen LogP contribution in [0.2, 0.25) is 5.02 Å². The van der Waals surface area contributed by atoms with Crippen molar-refractivity contribution in [1.82, 2.24) is 0 Å². The summed E-state index contributed by atoms with van der Waals surface area (Å²) < 4.78 is -1.43. The summed E-state index contributed by atoms with van der Waals surface area (Å²) in [5.74, 6) is 0. The number of nitrogens with one attached hydrogen (secondary N) is 1. The maximum Gasteiger partial charge on any atom is 0.241 e. The number of benzene rings is 2. The van der Waals surface area contributed by atoms with E-state index in [-0.39, 0.29) is 0 Å². The van der Waals surface area contributed by atoms with Crippen LogP contribution in [0.15, 0.2) is 51.1 Å². The van der Waals surface area contributed by atoms with Crippen molar-refractivity contribution in [2.75, 3.05) is 5.32 Å². The van der Waals surface area contributed by atoms with Crippen LogP contribution in [0.3, 0.4) is 0 Å². The highest BCUT2D eigenvalue weighted by Crippen LogP contribution is 2.52. The molecule has 1 N–H and O–H groups in total. The van der Waals surface area contributed by atoms with Crippen molar-refractivity contribution >= 4 is 81.3 Å². The monoisotopic (exact) mass is 381 g/mol. The number of halogens is 4. The van der Waals surface area contributed by atoms with E-state index in [9.17, 15) is 0 Å². The van der Waals surface area contributed by atoms with Crippen LogP contribution in [0.1, 0.15) is 0 Å². The molecular formula is C13H7Cl4NS2. The van der Waals surface area contributed by atoms with Gasteiger partial charge in [0.25, 0.3) is 0 Å². The minimum atomic E-state index is -1.43. The first-order valence-electron chi connectivity index (χ1n) is 5.56. The number of hydrogen-bond donors (Lipinski definition) is 1. The fraction of sp³-hybridized carbons (Fsp3) is 0.0769. The van der Waals surface area contributed by atoms with Crippen molar-refractivity contribution in [2.24, 2.45) is 0 Å². The molecule has 2 aromatic carbocycles. The van der Waals surface area contributed by atoms with E-state index in [4.69, 9.17) is 46.4 Å². The van der Waals surface area contributed by atoms with Crippen molar-refractivity contribution in [3.63, 3.8) is 0 Å². The lowest BCUT2D eigenvalue weighted by Crippen LogP contribution is -2.02. The second-order valence-electron chi connectivity index (χ2n) is 4.02. The minimum Gasteiger partial charge on any atom is -0.352 e. The number of fused-ring (bicyclic) bond motifs is 2. The normalized spacial score (nSPS) is 13.4. The molecule has 3 rings (SSSR count). The van der Waals surface area contributed by atoms with Gasteiger partial charge in [-0.25, -0.2) is 0 Å². The van der Waals surface area contributed by atoms with Crippen LogP contribution in [0.4, 0.5) is 11.4 Å². The first-order valence-corrected chi connectivity index (χ1v) is 8.71. The summed E-state index contributed by atoms with van der Waals surface area (Å²) in [5, 5.41) is 3.91. The maximum atomic E-state index is 6.43. The summed E-state index contributed by atoms with van der Waals surface area (Å²) in [7, 11) is 0. The standard InChI is InChI=1S/C13H7Cl4NS2/c14-11-9(20-13(15,16)17)5-6-10-12(11)18-7-3-1-2-4-8(7)19-10/h1-6,18H. The molecular weight excluding hydrogens is 376 g/mol. The molecule has 20 heavy (non-hydrogen) atoms. The van der Waals surface area contributed by atoms with E-state index in [1.165, 1.54) is 0 Å². The zero-order valence-electron chi connectivity index (χ0n) is 9.79. The Labute approximate surface area is 145 Å². The Morgan fingerprint density at radius 2 is 1.75 bits per heavy atom. The molecule has 104 valence electrons. The Hall–Kier alpha value is 0.100. The summed E-state index contributed by atoms with van der Waals surface area (Å²) in [5.41, 5.74) is 1.89. The number of rotatable bonds is 1. The van der Waals surface area contributed by atoms with E-state index in [1.807, 2.05) is 30.3 Å². The highest BCUT2D eigenvalue weighted by Gasteiger charge is 2.26. The van der Waals surface area contributed by atoms with Gasteiger partial charge < -0.3 is 5.32 Å². The van der Waals surface area contributed by atoms with Crippen molar-refractivity contribution in [3.8, 4) is 0 Å². The third-order valence-electron chi connectivity index (χ3n) is 2.66. The van der Waals surface area contributed by atoms with E-state index >= 15 is 0 Å². The van der Waals surface area contributed by atoms with E-state index in [0.29, 0.717) is 5.02 Å². The van der Waals surface area contributed by atoms with Gasteiger partial charge in [0.15, 0.2) is 0 Å². The fourth-order valence-electron chi connectivity index (χ4n) is 1.86. The Kier molecular flexibility index (Phi) is 4.29. The molecule has 0 atom stereocenters. The van der Waals surface area contributed by atoms with E-state index < -0.39 is 3.12 Å². The van der Waals surface area contributed by atoms with E-state index in [1.54, 1.807) is 11.8 Å². The minimum absolute atomic E-state index is 0.570. The number of alkyl halides is 3. The molecule has 0 aliphatic carbocycles. The molecule has 0 bridgehead atoms. The summed E-state index contributed by atoms with van der Waals surface area (Å²) in [6.45, 7) is 0. The first-order chi connectivity index (χ1) is 9.44. The predicted octanol–water partition coefficient (Wildman–Crippen LogP) is 6.97. The molecule has 1 aliphatic rings. The molecule has 0 spiro atoms. The van der Waals surface area contributed by atoms with Gasteiger partial charge in [0, 0.05) is 14.7 Å². The predicted molar refractivity (Wildman–Crippen MR) is 91.4 cm³/mol. The molecule has 0 saturated heterocycles. The summed E-state index contributed by atoms with van der Waals surface area (Å²) in [4.78, 5) is 2.96. The average molecular weight is 383 g/mol. The molecule has 0 radical (unpaired) electrons. The maximum absolute atomic E-state index is 6.43. The van der Waals surface area contributed by atoms with Gasteiger partial charge in [-0.3, -0.25) is 0 Å². The Morgan fingerprint density at radius 3 is 2.50 bits per heavy atom. The van der Waals surface area contributed by atoms with Crippen LogP contribution < -0.4 is 5.32 Å². The zero-order valence-corrected chi connectivity index (χ0v) is 14.4. The first kappa shape index (κ1) is 15.0. The topological polar surface area (TPSA) is 12.0 Å². The molecule has 1 aliphatic heterocycles. The zero-order chi connectivity index (χ0) is 14.3. The molecule has 1 nitrogen and oxygen atoms in total. The van der Waals surface area contributed by atoms with Crippen LogP contribution in [0.25, 0.3) is 0 Å². The molecule has 7 heteroatoms. The smallest absolute Gasteiger partial charge is 0.241 e. The number of anilines is 2. The lowest BCUT2D eigenvalue weighted by atomic mass is 10.2. The van der Waals surface area contributed by atoms with Crippen LogP contribution >= 0.6 is 69.9 Å². The lowest BCUT2D eigenvalue weighted by Gasteiger charge is -2.23. The van der Waals surface area contributed by atoms with Gasteiger partial charge in [-0.05, 0) is 24.3 Å². The third-order valence-corrected chi connectivity index (χ3v) is 5.79. The Bertz CT molecular complexity index is 670. The van der Waals surface area contributed by atoms with Crippen molar-refractivity contribution in [1.29, 1.82) is 0 Å². The highest BCUT2D eigenvalue weighted by molar-refractivity contribution is 8.04. The van der Waals surface area contributed by atoms with Gasteiger partial charge >= 0.3 is 0 Å². The number of hydrogen-bond acceptors (Lipinski definition) is 3. The van der Waals surface area contributed by atoms with Gasteiger partial charge in [0.05, 0.1) is 16.4 Å². The van der Waals surface area contributed by atoms with Crippen LogP contribution in [-0.4, -0.2) is 3.12 Å². The Morgan fingerprint density at radius 1 is 1.00 bits per heavy atom. The molecule has 0 fully saturated rings. The van der Waals surface area contributed by atoms with Gasteiger partial charge in [-0.2, -0.15) is 0 Å². The van der Waals surface area contributed by atoms with Crippen molar-refractivity contribution < 1.29 is 0 Å². The highest BCUT2D eigenvalue weighted by atomic mass is 35.6. The average Bonchev–Trinajstić information content (AvgIpc) is 2.39. The van der Waals surface area contributed by atoms with Crippen LogP contribution in [0.5, 0.6) is 0 Å². The van der Waals surface area contributed by atoms with E-state index in [2.05, 4.69) is 11.4 Å². The number of para-hydroxylation sites is 1. The molecule has 2 aromatic rings. The molecule has 0 unspecified atom stereocenters. The van der Waals surface area contributed by atoms with Crippen molar-refractivity contribution in [2.45, 2.75) is 17.8 Å². The molecule has 0 saturated carbocycles. The molecule has 0 amide bonds. The van der Waals surface area contributed by atoms with Crippen LogP contribution in [0, 0.1) is 0 Å². The van der Waals surface area contributed by atoms with Crippen LogP contribution in [-0.2, 0) is 0 Å². The fourth-order valence-corrected chi connectivity index (χ4v) is 4.57. The summed E-state index contributed by atoms with van der Waals surface area (Å²) in [6.07, 6.45) is 0. The SMILES string of the molecule is Clc1c(SC(Cl)(Cl)Cl)ccc2c1Nc1ccccc1S2. The summed E-state index contributed by atoms with van der Waals surface area (Å²) in [6, 6.07) is 11.9. The largest absolute Gasteiger partial charge is 0.352 e. The quantitative estimate of drug-likeness (QED) is 0.360. The van der Waals surface area contributed by atoms with Gasteiger partial charge in [-0.15, -0.1) is 0 Å². The second kappa shape index (κ2) is 5.71.